The number of aromatic nitrogens is 1. The monoisotopic (exact) mass is 464 g/mol. The predicted octanol–water partition coefficient (Wildman–Crippen LogP) is 5.24. The van der Waals surface area contributed by atoms with Gasteiger partial charge in [-0.1, -0.05) is 45.9 Å². The lowest BCUT2D eigenvalue weighted by molar-refractivity contribution is -0.491. The maximum Gasteiger partial charge on any atom is 0.302 e. The summed E-state index contributed by atoms with van der Waals surface area (Å²) in [6.45, 7) is 8.71. The summed E-state index contributed by atoms with van der Waals surface area (Å²) in [5.41, 5.74) is 5.25. The van der Waals surface area contributed by atoms with E-state index in [0.717, 1.165) is 0 Å². The van der Waals surface area contributed by atoms with Gasteiger partial charge in [-0.3, -0.25) is 4.98 Å². The summed E-state index contributed by atoms with van der Waals surface area (Å²) in [5, 5.41) is 0. The number of nitrogens with two attached hydrogens (primary N) is 1. The number of benzene rings is 1. The number of pyridine rings is 1. The van der Waals surface area contributed by atoms with Gasteiger partial charge in [0.25, 0.3) is 5.92 Å². The van der Waals surface area contributed by atoms with Crippen molar-refractivity contribution in [2.24, 2.45) is 16.6 Å². The van der Waals surface area contributed by atoms with Crippen molar-refractivity contribution in [3.63, 3.8) is 0 Å². The lowest BCUT2D eigenvalue weighted by atomic mass is 9.74. The molecule has 0 unspecified atom stereocenters. The van der Waals surface area contributed by atoms with E-state index in [1.807, 2.05) is 27.7 Å². The van der Waals surface area contributed by atoms with E-state index in [9.17, 15) is 4.39 Å². The zero-order valence-electron chi connectivity index (χ0n) is 19.5. The van der Waals surface area contributed by atoms with Crippen molar-refractivity contribution < 1.29 is 27.4 Å². The molecule has 3 fully saturated rings. The minimum Gasteiger partial charge on any atom is -0.325 e. The number of rotatable bonds is 6. The fraction of sp³-hybridized carbons (Fsp3) is 0.560. The molecule has 0 saturated carbocycles. The van der Waals surface area contributed by atoms with Crippen LogP contribution in [0.3, 0.4) is 0 Å². The molecule has 0 aliphatic carbocycles. The average molecular weight is 465 g/mol. The number of hydrogen-bond donors (Lipinski definition) is 1. The van der Waals surface area contributed by atoms with Crippen LogP contribution in [0, 0.1) is 16.6 Å². The summed E-state index contributed by atoms with van der Waals surface area (Å²) in [6, 6.07) is 8.58. The molecule has 0 amide bonds. The normalized spacial score (nSPS) is 27.4. The Morgan fingerprint density at radius 1 is 0.909 bits per heavy atom. The summed E-state index contributed by atoms with van der Waals surface area (Å²) >= 11 is 0. The molecule has 1 atom stereocenters. The maximum atomic E-state index is 15.6. The highest BCUT2D eigenvalue weighted by Crippen LogP contribution is 2.51. The first-order valence-electron chi connectivity index (χ1n) is 11.1. The van der Waals surface area contributed by atoms with E-state index in [2.05, 4.69) is 4.98 Å². The fourth-order valence-corrected chi connectivity index (χ4v) is 4.62. The van der Waals surface area contributed by atoms with Crippen LogP contribution in [0.5, 0.6) is 0 Å². The van der Waals surface area contributed by atoms with Gasteiger partial charge in [0.05, 0.1) is 19.8 Å². The Hall–Kier alpha value is -2.00. The topological polar surface area (TPSA) is 66.6 Å². The zero-order valence-corrected chi connectivity index (χ0v) is 19.5. The average Bonchev–Trinajstić information content (AvgIpc) is 2.73. The molecule has 3 aliphatic rings. The van der Waals surface area contributed by atoms with E-state index in [1.54, 1.807) is 18.2 Å². The van der Waals surface area contributed by atoms with Crippen LogP contribution in [-0.2, 0) is 20.1 Å². The van der Waals surface area contributed by atoms with Gasteiger partial charge in [0.1, 0.15) is 17.1 Å². The van der Waals surface area contributed by atoms with Crippen LogP contribution in [0.4, 0.5) is 13.2 Å². The molecule has 5 rings (SSSR count). The minimum absolute atomic E-state index is 0.181. The Morgan fingerprint density at radius 3 is 1.94 bits per heavy atom. The molecule has 3 aliphatic heterocycles. The van der Waals surface area contributed by atoms with E-state index < -0.39 is 35.0 Å². The van der Waals surface area contributed by atoms with Gasteiger partial charge in [-0.25, -0.2) is 4.39 Å². The molecular formula is C25H31F3N2O3. The molecular weight excluding hydrogens is 433 g/mol. The third-order valence-corrected chi connectivity index (χ3v) is 6.14. The second-order valence-electron chi connectivity index (χ2n) is 10.9. The van der Waals surface area contributed by atoms with Crippen molar-refractivity contribution in [2.75, 3.05) is 19.8 Å². The Labute approximate surface area is 192 Å². The molecule has 0 radical (unpaired) electrons. The first-order chi connectivity index (χ1) is 15.3. The second-order valence-corrected chi connectivity index (χ2v) is 10.9. The van der Waals surface area contributed by atoms with Crippen LogP contribution in [-0.4, -0.2) is 36.3 Å². The van der Waals surface area contributed by atoms with Crippen LogP contribution < -0.4 is 5.73 Å². The molecule has 5 nitrogen and oxygen atoms in total. The Balaban J connectivity index is 1.62. The summed E-state index contributed by atoms with van der Waals surface area (Å²) in [4.78, 5) is 4.02. The SMILES string of the molecule is CC(C)(C)C[C@](N)(CC(F)(F)c1ccc(-c2ccc(F)cc2)cn1)C12OCC(C)(CO1)CO2. The van der Waals surface area contributed by atoms with E-state index in [0.29, 0.717) is 30.9 Å². The lowest BCUT2D eigenvalue weighted by Gasteiger charge is -2.58. The standard InChI is InChI=1S/C25H31F3N2O3/c1-21(2,3)12-23(29,25-31-14-22(4,15-32-25)16-33-25)13-24(27,28)20-10-7-18(11-30-20)17-5-8-19(26)9-6-17/h5-11H,12-16,29H2,1-4H3/t22?,23-,25?/m0/s1. The Kier molecular flexibility index (Phi) is 5.88. The van der Waals surface area contributed by atoms with Gasteiger partial charge in [0.2, 0.25) is 0 Å². The molecule has 180 valence electrons. The number of alkyl halides is 2. The van der Waals surface area contributed by atoms with Gasteiger partial charge in [-0.05, 0) is 35.6 Å². The van der Waals surface area contributed by atoms with Crippen LogP contribution >= 0.6 is 0 Å². The number of halogens is 3. The van der Waals surface area contributed by atoms with Crippen LogP contribution in [0.1, 0.15) is 46.2 Å². The van der Waals surface area contributed by atoms with Gasteiger partial charge in [-0.2, -0.15) is 8.78 Å². The third kappa shape index (κ3) is 4.80. The van der Waals surface area contributed by atoms with E-state index >= 15 is 8.78 Å². The Morgan fingerprint density at radius 2 is 1.45 bits per heavy atom. The highest BCUT2D eigenvalue weighted by molar-refractivity contribution is 5.62. The third-order valence-electron chi connectivity index (χ3n) is 6.14. The molecule has 2 aromatic rings. The summed E-state index contributed by atoms with van der Waals surface area (Å²) < 4.78 is 62.1. The molecule has 2 bridgehead atoms. The smallest absolute Gasteiger partial charge is 0.302 e. The number of fused-ring (bicyclic) bond motifs is 3. The molecule has 4 heterocycles. The molecule has 1 aromatic carbocycles. The van der Waals surface area contributed by atoms with E-state index in [4.69, 9.17) is 19.9 Å². The highest BCUT2D eigenvalue weighted by atomic mass is 19.3. The Bertz CT molecular complexity index is 965. The number of ether oxygens (including phenoxy) is 3. The molecule has 2 N–H and O–H groups in total. The van der Waals surface area contributed by atoms with Gasteiger partial charge in [0, 0.05) is 23.6 Å². The fourth-order valence-electron chi connectivity index (χ4n) is 4.62. The lowest BCUT2D eigenvalue weighted by Crippen LogP contribution is -2.73. The summed E-state index contributed by atoms with van der Waals surface area (Å²) in [7, 11) is 0. The van der Waals surface area contributed by atoms with E-state index in [-0.39, 0.29) is 17.7 Å². The number of hydrogen-bond acceptors (Lipinski definition) is 5. The second kappa shape index (κ2) is 8.05. The molecule has 1 aromatic heterocycles. The van der Waals surface area contributed by atoms with Gasteiger partial charge in [-0.15, -0.1) is 0 Å². The molecule has 0 spiro atoms. The van der Waals surface area contributed by atoms with Crippen molar-refractivity contribution in [1.82, 2.24) is 4.98 Å². The van der Waals surface area contributed by atoms with Gasteiger partial charge < -0.3 is 19.9 Å². The summed E-state index contributed by atoms with van der Waals surface area (Å²) in [6.07, 6.45) is 0.768. The first-order valence-corrected chi connectivity index (χ1v) is 11.1. The zero-order chi connectivity index (χ0) is 24.1. The summed E-state index contributed by atoms with van der Waals surface area (Å²) in [5.74, 6) is -5.48. The highest BCUT2D eigenvalue weighted by Gasteiger charge is 2.64. The van der Waals surface area contributed by atoms with Crippen molar-refractivity contribution in [2.45, 2.75) is 58.0 Å². The largest absolute Gasteiger partial charge is 0.325 e. The van der Waals surface area contributed by atoms with Crippen molar-refractivity contribution >= 4 is 0 Å². The molecule has 33 heavy (non-hydrogen) atoms. The minimum atomic E-state index is -3.37. The van der Waals surface area contributed by atoms with Crippen molar-refractivity contribution in [1.29, 1.82) is 0 Å². The number of nitrogens with zero attached hydrogens (tertiary/aromatic N) is 1. The molecule has 3 saturated heterocycles. The van der Waals surface area contributed by atoms with Crippen LogP contribution in [0.25, 0.3) is 11.1 Å². The van der Waals surface area contributed by atoms with Crippen LogP contribution in [0.2, 0.25) is 0 Å². The van der Waals surface area contributed by atoms with Gasteiger partial charge in [0.15, 0.2) is 0 Å². The molecule has 8 heteroatoms. The predicted molar refractivity (Wildman–Crippen MR) is 118 cm³/mol. The van der Waals surface area contributed by atoms with Crippen molar-refractivity contribution in [3.8, 4) is 11.1 Å². The quantitative estimate of drug-likeness (QED) is 0.633. The van der Waals surface area contributed by atoms with Gasteiger partial charge >= 0.3 is 5.97 Å². The van der Waals surface area contributed by atoms with E-state index in [1.165, 1.54) is 24.4 Å². The van der Waals surface area contributed by atoms with Crippen LogP contribution in [0.15, 0.2) is 42.6 Å². The first kappa shape index (κ1) is 24.1. The van der Waals surface area contributed by atoms with Crippen molar-refractivity contribution in [3.05, 3.63) is 54.1 Å². The maximum absolute atomic E-state index is 15.6.